The molecule has 1 aromatic carbocycles. The maximum absolute atomic E-state index is 11.5. The van der Waals surface area contributed by atoms with Crippen LogP contribution in [0.15, 0.2) is 42.5 Å². The second-order valence-electron chi connectivity index (χ2n) is 3.82. The van der Waals surface area contributed by atoms with E-state index in [9.17, 15) is 8.42 Å². The number of sulfone groups is 1. The first-order valence-corrected chi connectivity index (χ1v) is 6.82. The number of aryl methyl sites for hydroxylation is 1. The first kappa shape index (κ1) is 10.4. The summed E-state index contributed by atoms with van der Waals surface area (Å²) in [5, 5.41) is -0.266. The van der Waals surface area contributed by atoms with Gasteiger partial charge >= 0.3 is 0 Å². The molecule has 1 aromatic rings. The SMILES string of the molecule is O=S1(=O)CC=CC1CCc1ccccc1. The normalized spacial score (nSPS) is 23.1. The van der Waals surface area contributed by atoms with Crippen molar-refractivity contribution in [1.82, 2.24) is 0 Å². The largest absolute Gasteiger partial charge is 0.228 e. The van der Waals surface area contributed by atoms with Crippen LogP contribution in [0.3, 0.4) is 0 Å². The number of hydrogen-bond donors (Lipinski definition) is 0. The van der Waals surface area contributed by atoms with Gasteiger partial charge < -0.3 is 0 Å². The summed E-state index contributed by atoms with van der Waals surface area (Å²) in [7, 11) is -2.87. The molecule has 2 rings (SSSR count). The van der Waals surface area contributed by atoms with Crippen LogP contribution in [0.4, 0.5) is 0 Å². The standard InChI is InChI=1S/C12H14O2S/c13-15(14)10-4-7-12(15)9-8-11-5-2-1-3-6-11/h1-7,12H,8-10H2. The Bertz CT molecular complexity index is 446. The van der Waals surface area contributed by atoms with Crippen LogP contribution in [0.1, 0.15) is 12.0 Å². The van der Waals surface area contributed by atoms with E-state index in [1.807, 2.05) is 36.4 Å². The summed E-state index contributed by atoms with van der Waals surface area (Å²) in [5.74, 6) is 0.215. The molecule has 0 amide bonds. The van der Waals surface area contributed by atoms with Gasteiger partial charge in [-0.25, -0.2) is 8.42 Å². The molecule has 0 N–H and O–H groups in total. The highest BCUT2D eigenvalue weighted by Gasteiger charge is 2.25. The Kier molecular flexibility index (Phi) is 2.91. The van der Waals surface area contributed by atoms with Crippen LogP contribution in [0, 0.1) is 0 Å². The van der Waals surface area contributed by atoms with Crippen LogP contribution < -0.4 is 0 Å². The fourth-order valence-electron chi connectivity index (χ4n) is 1.81. The van der Waals surface area contributed by atoms with E-state index in [1.165, 1.54) is 5.56 Å². The van der Waals surface area contributed by atoms with E-state index in [-0.39, 0.29) is 11.0 Å². The molecule has 0 radical (unpaired) electrons. The van der Waals surface area contributed by atoms with E-state index in [0.29, 0.717) is 6.42 Å². The zero-order valence-electron chi connectivity index (χ0n) is 8.46. The molecule has 1 unspecified atom stereocenters. The van der Waals surface area contributed by atoms with Crippen molar-refractivity contribution in [3.63, 3.8) is 0 Å². The lowest BCUT2D eigenvalue weighted by atomic mass is 10.1. The highest BCUT2D eigenvalue weighted by molar-refractivity contribution is 7.92. The van der Waals surface area contributed by atoms with Crippen LogP contribution in [0.5, 0.6) is 0 Å². The maximum atomic E-state index is 11.5. The third-order valence-corrected chi connectivity index (χ3v) is 4.67. The molecule has 0 bridgehead atoms. The summed E-state index contributed by atoms with van der Waals surface area (Å²) < 4.78 is 23.0. The molecule has 1 heterocycles. The van der Waals surface area contributed by atoms with Gasteiger partial charge in [0.05, 0.1) is 11.0 Å². The molecule has 0 saturated carbocycles. The van der Waals surface area contributed by atoms with E-state index >= 15 is 0 Å². The molecule has 1 atom stereocenters. The summed E-state index contributed by atoms with van der Waals surface area (Å²) in [4.78, 5) is 0. The third kappa shape index (κ3) is 2.48. The van der Waals surface area contributed by atoms with E-state index in [4.69, 9.17) is 0 Å². The predicted octanol–water partition coefficient (Wildman–Crippen LogP) is 1.97. The van der Waals surface area contributed by atoms with E-state index in [1.54, 1.807) is 6.08 Å². The average molecular weight is 222 g/mol. The van der Waals surface area contributed by atoms with E-state index in [0.717, 1.165) is 6.42 Å². The Morgan fingerprint density at radius 3 is 2.53 bits per heavy atom. The second kappa shape index (κ2) is 4.19. The number of rotatable bonds is 3. The Hall–Kier alpha value is -1.09. The van der Waals surface area contributed by atoms with Crippen LogP contribution in [-0.2, 0) is 16.3 Å². The Labute approximate surface area is 90.6 Å². The van der Waals surface area contributed by atoms with Gasteiger partial charge in [0.1, 0.15) is 0 Å². The molecule has 3 heteroatoms. The average Bonchev–Trinajstić information content (AvgIpc) is 2.56. The minimum absolute atomic E-state index is 0.215. The molecule has 0 aliphatic carbocycles. The molecule has 80 valence electrons. The van der Waals surface area contributed by atoms with Gasteiger partial charge in [-0.15, -0.1) is 0 Å². The van der Waals surface area contributed by atoms with Crippen molar-refractivity contribution < 1.29 is 8.42 Å². The topological polar surface area (TPSA) is 34.1 Å². The first-order chi connectivity index (χ1) is 7.18. The minimum Gasteiger partial charge on any atom is -0.228 e. The zero-order valence-corrected chi connectivity index (χ0v) is 9.28. The molecule has 0 saturated heterocycles. The molecule has 1 aliphatic heterocycles. The van der Waals surface area contributed by atoms with Gasteiger partial charge in [0.15, 0.2) is 9.84 Å². The Balaban J connectivity index is 1.97. The summed E-state index contributed by atoms with van der Waals surface area (Å²) in [6.07, 6.45) is 5.10. The molecular weight excluding hydrogens is 208 g/mol. The van der Waals surface area contributed by atoms with Crippen molar-refractivity contribution in [3.05, 3.63) is 48.0 Å². The van der Waals surface area contributed by atoms with Gasteiger partial charge in [0.25, 0.3) is 0 Å². The number of benzene rings is 1. The molecule has 1 aliphatic rings. The summed E-state index contributed by atoms with van der Waals surface area (Å²) in [6, 6.07) is 9.99. The van der Waals surface area contributed by atoms with Crippen LogP contribution in [0.25, 0.3) is 0 Å². The van der Waals surface area contributed by atoms with Gasteiger partial charge in [-0.2, -0.15) is 0 Å². The van der Waals surface area contributed by atoms with Crippen LogP contribution in [-0.4, -0.2) is 19.4 Å². The molecule has 2 nitrogen and oxygen atoms in total. The zero-order chi connectivity index (χ0) is 10.7. The first-order valence-electron chi connectivity index (χ1n) is 5.11. The summed E-state index contributed by atoms with van der Waals surface area (Å²) in [5.41, 5.74) is 1.20. The van der Waals surface area contributed by atoms with Gasteiger partial charge in [0.2, 0.25) is 0 Å². The smallest absolute Gasteiger partial charge is 0.160 e. The van der Waals surface area contributed by atoms with Gasteiger partial charge in [-0.1, -0.05) is 42.5 Å². The van der Waals surface area contributed by atoms with Crippen molar-refractivity contribution >= 4 is 9.84 Å². The Morgan fingerprint density at radius 2 is 1.93 bits per heavy atom. The third-order valence-electron chi connectivity index (χ3n) is 2.70. The van der Waals surface area contributed by atoms with Crippen molar-refractivity contribution in [2.24, 2.45) is 0 Å². The monoisotopic (exact) mass is 222 g/mol. The Morgan fingerprint density at radius 1 is 1.20 bits per heavy atom. The number of hydrogen-bond acceptors (Lipinski definition) is 2. The van der Waals surface area contributed by atoms with Gasteiger partial charge in [-0.05, 0) is 18.4 Å². The van der Waals surface area contributed by atoms with Gasteiger partial charge in [0, 0.05) is 0 Å². The predicted molar refractivity (Wildman–Crippen MR) is 61.5 cm³/mol. The van der Waals surface area contributed by atoms with Crippen molar-refractivity contribution in [2.45, 2.75) is 18.1 Å². The van der Waals surface area contributed by atoms with Crippen molar-refractivity contribution in [3.8, 4) is 0 Å². The van der Waals surface area contributed by atoms with Crippen molar-refractivity contribution in [1.29, 1.82) is 0 Å². The highest BCUT2D eigenvalue weighted by atomic mass is 32.2. The summed E-state index contributed by atoms with van der Waals surface area (Å²) >= 11 is 0. The molecule has 0 aromatic heterocycles. The fraction of sp³-hybridized carbons (Fsp3) is 0.333. The van der Waals surface area contributed by atoms with E-state index in [2.05, 4.69) is 0 Å². The lowest BCUT2D eigenvalue weighted by Crippen LogP contribution is -2.16. The van der Waals surface area contributed by atoms with Crippen LogP contribution >= 0.6 is 0 Å². The lowest BCUT2D eigenvalue weighted by Gasteiger charge is -2.07. The molecular formula is C12H14O2S. The van der Waals surface area contributed by atoms with E-state index < -0.39 is 9.84 Å². The van der Waals surface area contributed by atoms with Crippen LogP contribution in [0.2, 0.25) is 0 Å². The summed E-state index contributed by atoms with van der Waals surface area (Å²) in [6.45, 7) is 0. The van der Waals surface area contributed by atoms with Crippen molar-refractivity contribution in [2.75, 3.05) is 5.75 Å². The quantitative estimate of drug-likeness (QED) is 0.733. The maximum Gasteiger partial charge on any atom is 0.160 e. The molecule has 0 spiro atoms. The molecule has 0 fully saturated rings. The highest BCUT2D eigenvalue weighted by Crippen LogP contribution is 2.18. The fourth-order valence-corrected chi connectivity index (χ4v) is 3.27. The van der Waals surface area contributed by atoms with Gasteiger partial charge in [-0.3, -0.25) is 0 Å². The second-order valence-corrected chi connectivity index (χ2v) is 6.08. The minimum atomic E-state index is -2.87. The molecule has 15 heavy (non-hydrogen) atoms. The lowest BCUT2D eigenvalue weighted by molar-refractivity contribution is 0.590.